The van der Waals surface area contributed by atoms with Crippen molar-refractivity contribution < 1.29 is 14.4 Å². The minimum Gasteiger partial charge on any atom is -0.384 e. The Morgan fingerprint density at radius 1 is 1.62 bits per heavy atom. The SMILES string of the molecule is CCCOCc1noc(C(C)O)n1. The van der Waals surface area contributed by atoms with Crippen molar-refractivity contribution in [3.8, 4) is 0 Å². The maximum absolute atomic E-state index is 9.07. The first-order valence-corrected chi connectivity index (χ1v) is 4.32. The largest absolute Gasteiger partial charge is 0.384 e. The van der Waals surface area contributed by atoms with E-state index >= 15 is 0 Å². The van der Waals surface area contributed by atoms with Crippen LogP contribution in [-0.2, 0) is 11.3 Å². The number of hydrogen-bond donors (Lipinski definition) is 1. The number of nitrogens with zero attached hydrogens (tertiary/aromatic N) is 2. The van der Waals surface area contributed by atoms with Crippen LogP contribution in [-0.4, -0.2) is 21.9 Å². The maximum atomic E-state index is 9.07. The molecule has 0 saturated carbocycles. The molecule has 1 aromatic rings. The van der Waals surface area contributed by atoms with Crippen LogP contribution in [0.1, 0.15) is 38.1 Å². The van der Waals surface area contributed by atoms with Crippen LogP contribution in [0.5, 0.6) is 0 Å². The van der Waals surface area contributed by atoms with Crippen molar-refractivity contribution in [1.29, 1.82) is 0 Å². The molecule has 1 atom stereocenters. The van der Waals surface area contributed by atoms with Crippen LogP contribution in [0.15, 0.2) is 4.52 Å². The summed E-state index contributed by atoms with van der Waals surface area (Å²) < 4.78 is 9.96. The van der Waals surface area contributed by atoms with E-state index in [1.165, 1.54) is 0 Å². The summed E-state index contributed by atoms with van der Waals surface area (Å²) in [4.78, 5) is 3.93. The van der Waals surface area contributed by atoms with E-state index in [0.29, 0.717) is 19.0 Å². The normalized spacial score (nSPS) is 13.2. The Balaban J connectivity index is 2.40. The fraction of sp³-hybridized carbons (Fsp3) is 0.750. The fourth-order valence-electron chi connectivity index (χ4n) is 0.804. The molecule has 5 heteroatoms. The summed E-state index contributed by atoms with van der Waals surface area (Å²) in [5.41, 5.74) is 0. The van der Waals surface area contributed by atoms with Crippen LogP contribution < -0.4 is 0 Å². The molecule has 1 heterocycles. The average Bonchev–Trinajstić information content (AvgIpc) is 2.53. The Morgan fingerprint density at radius 2 is 2.38 bits per heavy atom. The van der Waals surface area contributed by atoms with Crippen LogP contribution in [0, 0.1) is 0 Å². The minimum atomic E-state index is -0.715. The van der Waals surface area contributed by atoms with Gasteiger partial charge in [-0.05, 0) is 13.3 Å². The van der Waals surface area contributed by atoms with E-state index in [1.54, 1.807) is 6.92 Å². The topological polar surface area (TPSA) is 68.4 Å². The van der Waals surface area contributed by atoms with Crippen LogP contribution in [0.2, 0.25) is 0 Å². The molecule has 1 rings (SSSR count). The van der Waals surface area contributed by atoms with E-state index in [0.717, 1.165) is 6.42 Å². The lowest BCUT2D eigenvalue weighted by atomic mass is 10.4. The van der Waals surface area contributed by atoms with Gasteiger partial charge in [0.05, 0.1) is 0 Å². The zero-order valence-electron chi connectivity index (χ0n) is 7.86. The van der Waals surface area contributed by atoms with Gasteiger partial charge in [-0.25, -0.2) is 0 Å². The summed E-state index contributed by atoms with van der Waals surface area (Å²) in [6, 6.07) is 0. The molecule has 0 aromatic carbocycles. The van der Waals surface area contributed by atoms with E-state index in [9.17, 15) is 0 Å². The van der Waals surface area contributed by atoms with Crippen LogP contribution >= 0.6 is 0 Å². The lowest BCUT2D eigenvalue weighted by Crippen LogP contribution is -1.97. The first-order chi connectivity index (χ1) is 6.24. The summed E-state index contributed by atoms with van der Waals surface area (Å²) >= 11 is 0. The van der Waals surface area contributed by atoms with Crippen molar-refractivity contribution in [3.63, 3.8) is 0 Å². The molecule has 13 heavy (non-hydrogen) atoms. The molecule has 0 fully saturated rings. The first kappa shape index (κ1) is 10.1. The minimum absolute atomic E-state index is 0.232. The molecular formula is C8H14N2O3. The Hall–Kier alpha value is -0.940. The van der Waals surface area contributed by atoms with Crippen LogP contribution in [0.25, 0.3) is 0 Å². The molecule has 0 bridgehead atoms. The molecule has 1 aromatic heterocycles. The van der Waals surface area contributed by atoms with Crippen LogP contribution in [0.4, 0.5) is 0 Å². The molecule has 0 aliphatic rings. The van der Waals surface area contributed by atoms with Crippen molar-refractivity contribution in [1.82, 2.24) is 10.1 Å². The highest BCUT2D eigenvalue weighted by Gasteiger charge is 2.10. The molecule has 0 radical (unpaired) electrons. The molecule has 1 unspecified atom stereocenters. The van der Waals surface area contributed by atoms with Gasteiger partial charge < -0.3 is 14.4 Å². The lowest BCUT2D eigenvalue weighted by molar-refractivity contribution is 0.114. The van der Waals surface area contributed by atoms with E-state index in [2.05, 4.69) is 10.1 Å². The Labute approximate surface area is 76.7 Å². The number of aliphatic hydroxyl groups excluding tert-OH is 1. The number of aliphatic hydroxyl groups is 1. The van der Waals surface area contributed by atoms with Gasteiger partial charge >= 0.3 is 0 Å². The van der Waals surface area contributed by atoms with E-state index in [4.69, 9.17) is 14.4 Å². The number of hydrogen-bond acceptors (Lipinski definition) is 5. The van der Waals surface area contributed by atoms with Crippen molar-refractivity contribution in [2.75, 3.05) is 6.61 Å². The zero-order chi connectivity index (χ0) is 9.68. The highest BCUT2D eigenvalue weighted by Crippen LogP contribution is 2.08. The number of rotatable bonds is 5. The van der Waals surface area contributed by atoms with E-state index in [-0.39, 0.29) is 5.89 Å². The Morgan fingerprint density at radius 3 is 2.92 bits per heavy atom. The van der Waals surface area contributed by atoms with E-state index in [1.807, 2.05) is 6.92 Å². The van der Waals surface area contributed by atoms with Gasteiger partial charge in [-0.15, -0.1) is 0 Å². The third-order valence-corrected chi connectivity index (χ3v) is 1.42. The van der Waals surface area contributed by atoms with Gasteiger partial charge in [0.2, 0.25) is 0 Å². The van der Waals surface area contributed by atoms with Gasteiger partial charge in [-0.2, -0.15) is 4.98 Å². The van der Waals surface area contributed by atoms with Crippen molar-refractivity contribution in [3.05, 3.63) is 11.7 Å². The van der Waals surface area contributed by atoms with Crippen molar-refractivity contribution >= 4 is 0 Å². The van der Waals surface area contributed by atoms with Gasteiger partial charge in [0.1, 0.15) is 12.7 Å². The second-order valence-corrected chi connectivity index (χ2v) is 2.78. The summed E-state index contributed by atoms with van der Waals surface area (Å²) in [7, 11) is 0. The van der Waals surface area contributed by atoms with Crippen molar-refractivity contribution in [2.45, 2.75) is 33.0 Å². The predicted octanol–water partition coefficient (Wildman–Crippen LogP) is 1.05. The van der Waals surface area contributed by atoms with Crippen molar-refractivity contribution in [2.24, 2.45) is 0 Å². The quantitative estimate of drug-likeness (QED) is 0.696. The fourth-order valence-corrected chi connectivity index (χ4v) is 0.804. The zero-order valence-corrected chi connectivity index (χ0v) is 7.86. The average molecular weight is 186 g/mol. The van der Waals surface area contributed by atoms with Gasteiger partial charge in [0.15, 0.2) is 5.82 Å². The summed E-state index contributed by atoms with van der Waals surface area (Å²) in [5, 5.41) is 12.7. The molecular weight excluding hydrogens is 172 g/mol. The number of ether oxygens (including phenoxy) is 1. The molecule has 74 valence electrons. The maximum Gasteiger partial charge on any atom is 0.255 e. The Kier molecular flexibility index (Phi) is 3.85. The monoisotopic (exact) mass is 186 g/mol. The standard InChI is InChI=1S/C8H14N2O3/c1-3-4-12-5-7-9-8(6(2)11)13-10-7/h6,11H,3-5H2,1-2H3. The molecule has 0 spiro atoms. The van der Waals surface area contributed by atoms with Gasteiger partial charge in [0, 0.05) is 6.61 Å². The highest BCUT2D eigenvalue weighted by atomic mass is 16.5. The van der Waals surface area contributed by atoms with Gasteiger partial charge in [-0.3, -0.25) is 0 Å². The van der Waals surface area contributed by atoms with E-state index < -0.39 is 6.10 Å². The first-order valence-electron chi connectivity index (χ1n) is 4.32. The Bertz CT molecular complexity index is 247. The van der Waals surface area contributed by atoms with Gasteiger partial charge in [-0.1, -0.05) is 12.1 Å². The predicted molar refractivity (Wildman–Crippen MR) is 44.9 cm³/mol. The highest BCUT2D eigenvalue weighted by molar-refractivity contribution is 4.86. The molecule has 0 aliphatic carbocycles. The second-order valence-electron chi connectivity index (χ2n) is 2.78. The molecule has 0 aliphatic heterocycles. The van der Waals surface area contributed by atoms with Gasteiger partial charge in [0.25, 0.3) is 5.89 Å². The molecule has 0 amide bonds. The lowest BCUT2D eigenvalue weighted by Gasteiger charge is -1.95. The molecule has 1 N–H and O–H groups in total. The van der Waals surface area contributed by atoms with Crippen LogP contribution in [0.3, 0.4) is 0 Å². The summed E-state index contributed by atoms with van der Waals surface area (Å²) in [6.07, 6.45) is 0.244. The second kappa shape index (κ2) is 4.94. The summed E-state index contributed by atoms with van der Waals surface area (Å²) in [5.74, 6) is 0.708. The molecule has 0 saturated heterocycles. The molecule has 5 nitrogen and oxygen atoms in total. The summed E-state index contributed by atoms with van der Waals surface area (Å²) in [6.45, 7) is 4.62. The number of aromatic nitrogens is 2. The smallest absolute Gasteiger partial charge is 0.255 e. The third kappa shape index (κ3) is 3.12. The third-order valence-electron chi connectivity index (χ3n) is 1.42.